The molecule has 4 nitrogen and oxygen atoms in total. The average molecular weight is 701 g/mol. The predicted octanol–water partition coefficient (Wildman–Crippen LogP) is 13.1. The minimum Gasteiger partial charge on any atom is -0.308 e. The highest BCUT2D eigenvalue weighted by Crippen LogP contribution is 2.41. The lowest BCUT2D eigenvalue weighted by Gasteiger charge is -2.17. The molecule has 2 aromatic heterocycles. The van der Waals surface area contributed by atoms with Crippen LogP contribution in [-0.2, 0) is 0 Å². The summed E-state index contributed by atoms with van der Waals surface area (Å²) in [5.74, 6) is 1.89. The molecule has 256 valence electrons. The monoisotopic (exact) mass is 700 g/mol. The van der Waals surface area contributed by atoms with Gasteiger partial charge in [-0.15, -0.1) is 0 Å². The number of aromatic nitrogens is 4. The summed E-state index contributed by atoms with van der Waals surface area (Å²) in [4.78, 5) is 15.6. The molecule has 11 aromatic rings. The second kappa shape index (κ2) is 12.6. The Balaban J connectivity index is 1.18. The molecule has 0 amide bonds. The van der Waals surface area contributed by atoms with Gasteiger partial charge in [-0.1, -0.05) is 158 Å². The van der Waals surface area contributed by atoms with E-state index in [1.165, 1.54) is 38.1 Å². The standard InChI is InChI=1S/C51H32N4/c1-2-15-36(16-3-1)49-52-50(41-25-23-34-13-5-7-18-38(34)31-41)54-51(53-49)44-28-26-35-14-8-9-19-42(35)48(44)55-46-21-11-10-20-43(46)45-32-40(27-29-47(45)55)39-24-22-33-12-4-6-17-37(33)30-39/h1-32H. The molecule has 0 saturated carbocycles. The molecule has 0 aliphatic rings. The zero-order valence-electron chi connectivity index (χ0n) is 29.8. The number of hydrogen-bond donors (Lipinski definition) is 0. The molecule has 4 heteroatoms. The molecule has 0 spiro atoms. The maximum absolute atomic E-state index is 5.29. The van der Waals surface area contributed by atoms with Crippen LogP contribution in [0.4, 0.5) is 0 Å². The van der Waals surface area contributed by atoms with E-state index in [-0.39, 0.29) is 0 Å². The molecule has 2 heterocycles. The fourth-order valence-electron chi connectivity index (χ4n) is 8.11. The minimum absolute atomic E-state index is 0.622. The number of benzene rings is 9. The Hall–Kier alpha value is -7.43. The first-order chi connectivity index (χ1) is 27.2. The third-order valence-electron chi connectivity index (χ3n) is 10.8. The Bertz CT molecular complexity index is 3270. The summed E-state index contributed by atoms with van der Waals surface area (Å²) in [7, 11) is 0. The largest absolute Gasteiger partial charge is 0.308 e. The van der Waals surface area contributed by atoms with Crippen LogP contribution in [0.3, 0.4) is 0 Å². The highest BCUT2D eigenvalue weighted by molar-refractivity contribution is 6.13. The van der Waals surface area contributed by atoms with Gasteiger partial charge in [0.15, 0.2) is 17.5 Å². The van der Waals surface area contributed by atoms with E-state index in [2.05, 4.69) is 180 Å². The van der Waals surface area contributed by atoms with Crippen LogP contribution in [0.25, 0.3) is 105 Å². The average Bonchev–Trinajstić information content (AvgIpc) is 3.59. The summed E-state index contributed by atoms with van der Waals surface area (Å²) >= 11 is 0. The first-order valence-electron chi connectivity index (χ1n) is 18.6. The van der Waals surface area contributed by atoms with Crippen LogP contribution in [-0.4, -0.2) is 19.5 Å². The van der Waals surface area contributed by atoms with Gasteiger partial charge in [0.05, 0.1) is 16.7 Å². The number of rotatable bonds is 5. The normalized spacial score (nSPS) is 11.6. The van der Waals surface area contributed by atoms with Crippen LogP contribution in [0.1, 0.15) is 0 Å². The summed E-state index contributed by atoms with van der Waals surface area (Å²) in [5.41, 5.74) is 8.48. The number of hydrogen-bond acceptors (Lipinski definition) is 3. The van der Waals surface area contributed by atoms with E-state index in [1.807, 2.05) is 18.2 Å². The minimum atomic E-state index is 0.622. The van der Waals surface area contributed by atoms with Gasteiger partial charge in [-0.25, -0.2) is 15.0 Å². The Morgan fingerprint density at radius 2 is 0.800 bits per heavy atom. The quantitative estimate of drug-likeness (QED) is 0.179. The summed E-state index contributed by atoms with van der Waals surface area (Å²) in [6, 6.07) is 68.8. The topological polar surface area (TPSA) is 43.6 Å². The fourth-order valence-corrected chi connectivity index (χ4v) is 8.11. The molecule has 55 heavy (non-hydrogen) atoms. The van der Waals surface area contributed by atoms with Gasteiger partial charge < -0.3 is 4.57 Å². The smallest absolute Gasteiger partial charge is 0.166 e. The molecule has 0 aliphatic heterocycles. The van der Waals surface area contributed by atoms with Crippen molar-refractivity contribution in [2.24, 2.45) is 0 Å². The molecule has 0 unspecified atom stereocenters. The fraction of sp³-hybridized carbons (Fsp3) is 0. The van der Waals surface area contributed by atoms with Crippen LogP contribution in [0.2, 0.25) is 0 Å². The highest BCUT2D eigenvalue weighted by atomic mass is 15.1. The Labute approximate surface area is 317 Å². The van der Waals surface area contributed by atoms with E-state index in [9.17, 15) is 0 Å². The molecule has 0 fully saturated rings. The van der Waals surface area contributed by atoms with Crippen molar-refractivity contribution in [2.75, 3.05) is 0 Å². The van der Waals surface area contributed by atoms with Crippen molar-refractivity contribution in [2.45, 2.75) is 0 Å². The lowest BCUT2D eigenvalue weighted by atomic mass is 9.99. The maximum atomic E-state index is 5.29. The van der Waals surface area contributed by atoms with E-state index in [4.69, 9.17) is 15.0 Å². The van der Waals surface area contributed by atoms with Crippen molar-refractivity contribution >= 4 is 54.1 Å². The molecule has 9 aromatic carbocycles. The highest BCUT2D eigenvalue weighted by Gasteiger charge is 2.22. The van der Waals surface area contributed by atoms with E-state index in [0.29, 0.717) is 17.5 Å². The zero-order valence-corrected chi connectivity index (χ0v) is 29.8. The van der Waals surface area contributed by atoms with Crippen LogP contribution in [0, 0.1) is 0 Å². The molecule has 0 N–H and O–H groups in total. The van der Waals surface area contributed by atoms with Crippen LogP contribution in [0.15, 0.2) is 194 Å². The van der Waals surface area contributed by atoms with Gasteiger partial charge in [0.25, 0.3) is 0 Å². The van der Waals surface area contributed by atoms with Gasteiger partial charge in [-0.3, -0.25) is 0 Å². The van der Waals surface area contributed by atoms with E-state index in [1.54, 1.807) is 0 Å². The second-order valence-corrected chi connectivity index (χ2v) is 14.1. The summed E-state index contributed by atoms with van der Waals surface area (Å²) in [6.45, 7) is 0. The van der Waals surface area contributed by atoms with Crippen LogP contribution < -0.4 is 0 Å². The van der Waals surface area contributed by atoms with Gasteiger partial charge >= 0.3 is 0 Å². The van der Waals surface area contributed by atoms with Gasteiger partial charge in [0, 0.05) is 32.8 Å². The molecule has 0 atom stereocenters. The van der Waals surface area contributed by atoms with E-state index in [0.717, 1.165) is 49.6 Å². The zero-order chi connectivity index (χ0) is 36.3. The lowest BCUT2D eigenvalue weighted by Crippen LogP contribution is -2.04. The SMILES string of the molecule is c1ccc(-c2nc(-c3ccc4ccccc4c3)nc(-c3ccc4ccccc4c3-n3c4ccccc4c4cc(-c5ccc6ccccc6c5)ccc43)n2)cc1. The van der Waals surface area contributed by atoms with E-state index >= 15 is 0 Å². The molecule has 0 saturated heterocycles. The Kier molecular flexibility index (Phi) is 7.14. The van der Waals surface area contributed by atoms with Gasteiger partial charge in [-0.05, 0) is 74.5 Å². The van der Waals surface area contributed by atoms with Gasteiger partial charge in [-0.2, -0.15) is 0 Å². The lowest BCUT2D eigenvalue weighted by molar-refractivity contribution is 1.07. The van der Waals surface area contributed by atoms with E-state index < -0.39 is 0 Å². The number of para-hydroxylation sites is 1. The predicted molar refractivity (Wildman–Crippen MR) is 228 cm³/mol. The van der Waals surface area contributed by atoms with Crippen molar-refractivity contribution in [1.82, 2.24) is 19.5 Å². The molecular formula is C51H32N4. The van der Waals surface area contributed by atoms with Crippen molar-refractivity contribution in [3.8, 4) is 51.0 Å². The van der Waals surface area contributed by atoms with Crippen molar-refractivity contribution in [3.63, 3.8) is 0 Å². The summed E-state index contributed by atoms with van der Waals surface area (Å²) < 4.78 is 2.41. The Morgan fingerprint density at radius 3 is 1.56 bits per heavy atom. The van der Waals surface area contributed by atoms with Crippen LogP contribution >= 0.6 is 0 Å². The molecule has 0 bridgehead atoms. The van der Waals surface area contributed by atoms with Gasteiger partial charge in [0.1, 0.15) is 0 Å². The van der Waals surface area contributed by atoms with Crippen molar-refractivity contribution in [3.05, 3.63) is 194 Å². The number of fused-ring (bicyclic) bond motifs is 6. The molecular weight excluding hydrogens is 669 g/mol. The third kappa shape index (κ3) is 5.26. The molecule has 0 aliphatic carbocycles. The van der Waals surface area contributed by atoms with Crippen molar-refractivity contribution < 1.29 is 0 Å². The van der Waals surface area contributed by atoms with Gasteiger partial charge in [0.2, 0.25) is 0 Å². The van der Waals surface area contributed by atoms with Crippen LogP contribution in [0.5, 0.6) is 0 Å². The Morgan fingerprint density at radius 1 is 0.291 bits per heavy atom. The second-order valence-electron chi connectivity index (χ2n) is 14.1. The first-order valence-corrected chi connectivity index (χ1v) is 18.6. The first kappa shape index (κ1) is 31.1. The third-order valence-corrected chi connectivity index (χ3v) is 10.8. The number of nitrogens with zero attached hydrogens (tertiary/aromatic N) is 4. The molecule has 11 rings (SSSR count). The maximum Gasteiger partial charge on any atom is 0.166 e. The summed E-state index contributed by atoms with van der Waals surface area (Å²) in [5, 5.41) is 9.44. The summed E-state index contributed by atoms with van der Waals surface area (Å²) in [6.07, 6.45) is 0. The molecule has 0 radical (unpaired) electrons. The van der Waals surface area contributed by atoms with Crippen molar-refractivity contribution in [1.29, 1.82) is 0 Å².